The van der Waals surface area contributed by atoms with Gasteiger partial charge >= 0.3 is 0 Å². The summed E-state index contributed by atoms with van der Waals surface area (Å²) in [5.41, 5.74) is 5.31. The third-order valence-electron chi connectivity index (χ3n) is 4.85. The molecule has 1 aromatic carbocycles. The average Bonchev–Trinajstić information content (AvgIpc) is 2.59. The number of hydrogen-bond acceptors (Lipinski definition) is 4. The van der Waals surface area contributed by atoms with E-state index in [1.54, 1.807) is 12.4 Å². The molecule has 0 radical (unpaired) electrons. The molecule has 1 aromatic heterocycles. The van der Waals surface area contributed by atoms with Gasteiger partial charge in [-0.15, -0.1) is 0 Å². The molecule has 1 fully saturated rings. The highest BCUT2D eigenvalue weighted by Crippen LogP contribution is 2.29. The molecule has 1 aliphatic carbocycles. The van der Waals surface area contributed by atoms with E-state index in [4.69, 9.17) is 12.2 Å². The molecule has 0 aliphatic heterocycles. The van der Waals surface area contributed by atoms with Crippen LogP contribution >= 0.6 is 12.2 Å². The SMILES string of the molecule is C[C@@H]1[C@H](C)CCC[C@H]1NC(=S)N/N=C\c1cnc2ccccc2n1. The summed E-state index contributed by atoms with van der Waals surface area (Å²) in [5.74, 6) is 1.35. The summed E-state index contributed by atoms with van der Waals surface area (Å²) in [7, 11) is 0. The summed E-state index contributed by atoms with van der Waals surface area (Å²) in [6.45, 7) is 4.60. The molecule has 0 amide bonds. The van der Waals surface area contributed by atoms with Crippen molar-refractivity contribution in [2.24, 2.45) is 16.9 Å². The Kier molecular flexibility index (Phi) is 5.35. The van der Waals surface area contributed by atoms with Crippen LogP contribution in [0.25, 0.3) is 11.0 Å². The van der Waals surface area contributed by atoms with E-state index in [9.17, 15) is 0 Å². The Morgan fingerprint density at radius 2 is 2.04 bits per heavy atom. The summed E-state index contributed by atoms with van der Waals surface area (Å²) in [6.07, 6.45) is 7.06. The van der Waals surface area contributed by atoms with Gasteiger partial charge < -0.3 is 5.32 Å². The van der Waals surface area contributed by atoms with E-state index in [0.717, 1.165) is 23.4 Å². The van der Waals surface area contributed by atoms with Crippen molar-refractivity contribution in [1.29, 1.82) is 0 Å². The van der Waals surface area contributed by atoms with Gasteiger partial charge in [0.2, 0.25) is 0 Å². The highest BCUT2D eigenvalue weighted by Gasteiger charge is 2.27. The van der Waals surface area contributed by atoms with Crippen molar-refractivity contribution >= 4 is 34.6 Å². The van der Waals surface area contributed by atoms with Crippen molar-refractivity contribution in [2.75, 3.05) is 0 Å². The second-order valence-electron chi connectivity index (χ2n) is 6.50. The van der Waals surface area contributed by atoms with Gasteiger partial charge in [0.25, 0.3) is 0 Å². The number of rotatable bonds is 3. The zero-order chi connectivity index (χ0) is 16.9. The van der Waals surface area contributed by atoms with Crippen LogP contribution in [0.1, 0.15) is 38.8 Å². The number of thiocarbonyl (C=S) groups is 1. The van der Waals surface area contributed by atoms with Crippen molar-refractivity contribution in [2.45, 2.75) is 39.2 Å². The standard InChI is InChI=1S/C18H23N5S/c1-12-6-5-9-15(13(12)2)22-18(24)23-20-11-14-10-19-16-7-3-4-8-17(16)21-14/h3-4,7-8,10-13,15H,5-6,9H2,1-2H3,(H2,22,23,24)/b20-11-/t12-,13-,15-/m1/s1. The fourth-order valence-corrected chi connectivity index (χ4v) is 3.38. The first-order valence-electron chi connectivity index (χ1n) is 8.45. The molecule has 1 heterocycles. The van der Waals surface area contributed by atoms with Crippen LogP contribution in [0.4, 0.5) is 0 Å². The van der Waals surface area contributed by atoms with E-state index in [1.807, 2.05) is 24.3 Å². The highest BCUT2D eigenvalue weighted by atomic mass is 32.1. The summed E-state index contributed by atoms with van der Waals surface area (Å²) in [5, 5.41) is 8.12. The van der Waals surface area contributed by atoms with Gasteiger partial charge in [-0.25, -0.2) is 4.98 Å². The van der Waals surface area contributed by atoms with Crippen LogP contribution in [0.3, 0.4) is 0 Å². The molecular weight excluding hydrogens is 318 g/mol. The molecule has 126 valence electrons. The summed E-state index contributed by atoms with van der Waals surface area (Å²) in [6, 6.07) is 8.19. The minimum Gasteiger partial charge on any atom is -0.358 e. The topological polar surface area (TPSA) is 62.2 Å². The third-order valence-corrected chi connectivity index (χ3v) is 5.06. The van der Waals surface area contributed by atoms with Crippen LogP contribution in [0.15, 0.2) is 35.6 Å². The van der Waals surface area contributed by atoms with Gasteiger partial charge in [-0.2, -0.15) is 5.10 Å². The molecule has 6 heteroatoms. The monoisotopic (exact) mass is 341 g/mol. The quantitative estimate of drug-likeness (QED) is 0.510. The molecule has 24 heavy (non-hydrogen) atoms. The first-order chi connectivity index (χ1) is 11.6. The van der Waals surface area contributed by atoms with Gasteiger partial charge in [0.15, 0.2) is 5.11 Å². The number of benzene rings is 1. The Hall–Kier alpha value is -2.08. The molecule has 5 nitrogen and oxygen atoms in total. The molecule has 0 saturated heterocycles. The largest absolute Gasteiger partial charge is 0.358 e. The summed E-state index contributed by atoms with van der Waals surface area (Å²) >= 11 is 5.35. The fraction of sp³-hybridized carbons (Fsp3) is 0.444. The van der Waals surface area contributed by atoms with Crippen molar-refractivity contribution < 1.29 is 0 Å². The minimum atomic E-state index is 0.421. The second-order valence-corrected chi connectivity index (χ2v) is 6.91. The Balaban J connectivity index is 1.55. The van der Waals surface area contributed by atoms with Crippen LogP contribution in [0.5, 0.6) is 0 Å². The Bertz CT molecular complexity index is 745. The lowest BCUT2D eigenvalue weighted by Gasteiger charge is -2.35. The molecule has 0 unspecified atom stereocenters. The number of nitrogens with one attached hydrogen (secondary N) is 2. The molecule has 2 aromatic rings. The number of hydrogen-bond donors (Lipinski definition) is 2. The molecule has 0 spiro atoms. The van der Waals surface area contributed by atoms with Crippen molar-refractivity contribution in [3.63, 3.8) is 0 Å². The minimum absolute atomic E-state index is 0.421. The van der Waals surface area contributed by atoms with Gasteiger partial charge in [0.1, 0.15) is 5.69 Å². The Labute approximate surface area is 148 Å². The zero-order valence-corrected chi connectivity index (χ0v) is 14.9. The molecular formula is C18H23N5S. The molecule has 2 N–H and O–H groups in total. The Morgan fingerprint density at radius 3 is 2.88 bits per heavy atom. The van der Waals surface area contributed by atoms with Crippen LogP contribution in [0.2, 0.25) is 0 Å². The molecule has 1 aliphatic rings. The van der Waals surface area contributed by atoms with Crippen LogP contribution in [-0.4, -0.2) is 27.3 Å². The lowest BCUT2D eigenvalue weighted by Crippen LogP contribution is -2.46. The van der Waals surface area contributed by atoms with Gasteiger partial charge in [0, 0.05) is 6.04 Å². The van der Waals surface area contributed by atoms with Gasteiger partial charge in [0.05, 0.1) is 23.4 Å². The second kappa shape index (κ2) is 7.66. The van der Waals surface area contributed by atoms with Crippen molar-refractivity contribution in [3.05, 3.63) is 36.2 Å². The summed E-state index contributed by atoms with van der Waals surface area (Å²) in [4.78, 5) is 8.86. The van der Waals surface area contributed by atoms with E-state index < -0.39 is 0 Å². The Morgan fingerprint density at radius 1 is 1.25 bits per heavy atom. The van der Waals surface area contributed by atoms with E-state index >= 15 is 0 Å². The van der Waals surface area contributed by atoms with Crippen molar-refractivity contribution in [1.82, 2.24) is 20.7 Å². The zero-order valence-electron chi connectivity index (χ0n) is 14.1. The van der Waals surface area contributed by atoms with Gasteiger partial charge in [-0.1, -0.05) is 38.8 Å². The summed E-state index contributed by atoms with van der Waals surface area (Å²) < 4.78 is 0. The van der Waals surface area contributed by atoms with E-state index in [1.165, 1.54) is 12.8 Å². The van der Waals surface area contributed by atoms with Crippen molar-refractivity contribution in [3.8, 4) is 0 Å². The van der Waals surface area contributed by atoms with Gasteiger partial charge in [-0.05, 0) is 42.6 Å². The van der Waals surface area contributed by atoms with Crippen LogP contribution in [-0.2, 0) is 0 Å². The lowest BCUT2D eigenvalue weighted by molar-refractivity contribution is 0.224. The van der Waals surface area contributed by atoms with Crippen LogP contribution in [0, 0.1) is 11.8 Å². The predicted molar refractivity (Wildman–Crippen MR) is 102 cm³/mol. The first-order valence-corrected chi connectivity index (χ1v) is 8.85. The average molecular weight is 341 g/mol. The first kappa shape index (κ1) is 16.8. The smallest absolute Gasteiger partial charge is 0.187 e. The number of para-hydroxylation sites is 2. The number of nitrogens with zero attached hydrogens (tertiary/aromatic N) is 3. The normalized spacial score (nSPS) is 24.2. The maximum absolute atomic E-state index is 5.35. The van der Waals surface area contributed by atoms with Crippen LogP contribution < -0.4 is 10.7 Å². The molecule has 3 atom stereocenters. The van der Waals surface area contributed by atoms with Gasteiger partial charge in [-0.3, -0.25) is 10.4 Å². The molecule has 0 bridgehead atoms. The molecule has 1 saturated carbocycles. The van der Waals surface area contributed by atoms with E-state index in [2.05, 4.69) is 39.7 Å². The maximum atomic E-state index is 5.35. The number of fused-ring (bicyclic) bond motifs is 1. The lowest BCUT2D eigenvalue weighted by atomic mass is 9.78. The fourth-order valence-electron chi connectivity index (χ4n) is 3.18. The maximum Gasteiger partial charge on any atom is 0.187 e. The number of aromatic nitrogens is 2. The molecule has 3 rings (SSSR count). The van der Waals surface area contributed by atoms with E-state index in [0.29, 0.717) is 22.8 Å². The third kappa shape index (κ3) is 4.06. The van der Waals surface area contributed by atoms with E-state index in [-0.39, 0.29) is 0 Å². The predicted octanol–water partition coefficient (Wildman–Crippen LogP) is 3.25. The number of hydrazone groups is 1. The highest BCUT2D eigenvalue weighted by molar-refractivity contribution is 7.80.